The van der Waals surface area contributed by atoms with Crippen LogP contribution in [0.4, 0.5) is 0 Å². The Hall–Kier alpha value is -3.87. The quantitative estimate of drug-likeness (QED) is 0.107. The van der Waals surface area contributed by atoms with E-state index in [9.17, 15) is 0 Å². The Morgan fingerprint density at radius 2 is 1.00 bits per heavy atom. The minimum atomic E-state index is -1.20. The highest BCUT2D eigenvalue weighted by molar-refractivity contribution is 5.16. The van der Waals surface area contributed by atoms with Crippen LogP contribution in [-0.4, -0.2) is 50.5 Å². The monoisotopic (exact) mass is 597 g/mol. The Bertz CT molecular complexity index is 1540. The van der Waals surface area contributed by atoms with Gasteiger partial charge in [0.15, 0.2) is 6.29 Å². The van der Waals surface area contributed by atoms with Crippen molar-refractivity contribution in [3.63, 3.8) is 0 Å². The fourth-order valence-electron chi connectivity index (χ4n) is 4.66. The Morgan fingerprint density at radius 3 is 1.48 bits per heavy atom. The average molecular weight is 598 g/mol. The van der Waals surface area contributed by atoms with Crippen molar-refractivity contribution in [3.05, 3.63) is 155 Å². The van der Waals surface area contributed by atoms with Crippen LogP contribution in [0.2, 0.25) is 0 Å². The summed E-state index contributed by atoms with van der Waals surface area (Å²) in [5.41, 5.74) is 2.38. The highest BCUT2D eigenvalue weighted by Gasteiger charge is 2.49. The molecule has 4 aromatic rings. The smallest absolute Gasteiger partial charge is 0.237 e. The molecule has 0 aliphatic carbocycles. The van der Waals surface area contributed by atoms with E-state index in [0.717, 1.165) is 0 Å². The summed E-state index contributed by atoms with van der Waals surface area (Å²) in [4.78, 5) is 3.39. The second-order valence-corrected chi connectivity index (χ2v) is 10.0. The molecule has 7 heteroatoms. The summed E-state index contributed by atoms with van der Waals surface area (Å²) in [6.45, 7) is 2.55. The first-order valence-electron chi connectivity index (χ1n) is 16.8. The van der Waals surface area contributed by atoms with E-state index >= 15 is 0 Å². The lowest BCUT2D eigenvalue weighted by molar-refractivity contribution is -0.327. The number of rotatable bonds is 16. The predicted molar refractivity (Wildman–Crippen MR) is 167 cm³/mol. The van der Waals surface area contributed by atoms with Crippen LogP contribution in [0, 0.1) is 6.57 Å². The molecule has 0 bridgehead atoms. The maximum absolute atomic E-state index is 8.99. The third kappa shape index (κ3) is 9.57. The van der Waals surface area contributed by atoms with Gasteiger partial charge in [0.25, 0.3) is 0 Å². The predicted octanol–water partition coefficient (Wildman–Crippen LogP) is 6.62. The van der Waals surface area contributed by atoms with Gasteiger partial charge in [-0.25, -0.2) is 6.57 Å². The Labute approximate surface area is 265 Å². The molecule has 4 aromatic carbocycles. The second kappa shape index (κ2) is 17.4. The van der Waals surface area contributed by atoms with Crippen LogP contribution >= 0.6 is 0 Å². The summed E-state index contributed by atoms with van der Waals surface area (Å²) in [6.07, 6.45) is -5.42. The van der Waals surface area contributed by atoms with Gasteiger partial charge in [0.05, 0.1) is 38.4 Å². The molecular weight excluding hydrogens is 554 g/mol. The molecule has 0 aromatic heterocycles. The molecule has 1 aliphatic heterocycles. The third-order valence-corrected chi connectivity index (χ3v) is 6.84. The summed E-state index contributed by atoms with van der Waals surface area (Å²) in [5.74, 6) is 0. The summed E-state index contributed by atoms with van der Waals surface area (Å²) in [7, 11) is 0. The molecule has 5 rings (SSSR count). The zero-order valence-corrected chi connectivity index (χ0v) is 24.3. The number of hydrogen-bond donors (Lipinski definition) is 0. The summed E-state index contributed by atoms with van der Waals surface area (Å²) < 4.78 is 73.2. The maximum atomic E-state index is 8.99. The van der Waals surface area contributed by atoms with E-state index in [1.807, 2.05) is 60.7 Å². The van der Waals surface area contributed by atoms with Crippen LogP contribution < -0.4 is 0 Å². The van der Waals surface area contributed by atoms with Crippen LogP contribution in [0.15, 0.2) is 121 Å². The first-order chi connectivity index (χ1) is 23.4. The van der Waals surface area contributed by atoms with Crippen molar-refractivity contribution in [1.82, 2.24) is 0 Å². The highest BCUT2D eigenvalue weighted by Crippen LogP contribution is 2.31. The molecule has 228 valence electrons. The molecule has 1 heterocycles. The van der Waals surface area contributed by atoms with Gasteiger partial charge in [-0.05, 0) is 22.3 Å². The van der Waals surface area contributed by atoms with E-state index in [4.69, 9.17) is 40.5 Å². The fourth-order valence-corrected chi connectivity index (χ4v) is 4.66. The van der Waals surface area contributed by atoms with Crippen molar-refractivity contribution in [3.8, 4) is 0 Å². The van der Waals surface area contributed by atoms with E-state index in [2.05, 4.69) is 4.85 Å². The molecular formula is C37H39NO6. The molecule has 9 atom stereocenters. The van der Waals surface area contributed by atoms with Gasteiger partial charge in [-0.2, -0.15) is 0 Å². The minimum absolute atomic E-state index is 0.00695. The van der Waals surface area contributed by atoms with Crippen molar-refractivity contribution in [2.24, 2.45) is 0 Å². The third-order valence-electron chi connectivity index (χ3n) is 6.84. The number of nitrogens with zero attached hydrogens (tertiary/aromatic N) is 1. The van der Waals surface area contributed by atoms with Gasteiger partial charge in [0.1, 0.15) is 31.0 Å². The van der Waals surface area contributed by atoms with Gasteiger partial charge in [-0.15, -0.1) is 0 Å². The molecule has 1 aliphatic rings. The number of hydrogen-bond acceptors (Lipinski definition) is 6. The lowest BCUT2D eigenvalue weighted by Crippen LogP contribution is -2.61. The molecule has 44 heavy (non-hydrogen) atoms. The summed E-state index contributed by atoms with van der Waals surface area (Å²) in [6, 6.07) is 36.1. The van der Waals surface area contributed by atoms with Crippen molar-refractivity contribution in [2.45, 2.75) is 57.0 Å². The normalized spacial score (nSPS) is 25.7. The van der Waals surface area contributed by atoms with Crippen LogP contribution in [0.3, 0.4) is 0 Å². The van der Waals surface area contributed by atoms with Gasteiger partial charge >= 0.3 is 0 Å². The maximum Gasteiger partial charge on any atom is 0.237 e. The van der Waals surface area contributed by atoms with Gasteiger partial charge in [-0.3, -0.25) is 0 Å². The minimum Gasteiger partial charge on any atom is -0.374 e. The van der Waals surface area contributed by atoms with Gasteiger partial charge in [0.2, 0.25) is 6.54 Å². The lowest BCUT2D eigenvalue weighted by Gasteiger charge is -2.45. The zero-order chi connectivity index (χ0) is 33.7. The topological polar surface area (TPSA) is 59.7 Å². The lowest BCUT2D eigenvalue weighted by atomic mass is 9.97. The highest BCUT2D eigenvalue weighted by atomic mass is 16.7. The largest absolute Gasteiger partial charge is 0.374 e. The fraction of sp³-hybridized carbons (Fsp3) is 0.324. The summed E-state index contributed by atoms with van der Waals surface area (Å²) >= 11 is 0. The number of ether oxygens (including phenoxy) is 6. The van der Waals surface area contributed by atoms with E-state index in [-0.39, 0.29) is 19.8 Å². The molecule has 1 fully saturated rings. The van der Waals surface area contributed by atoms with E-state index < -0.39 is 57.0 Å². The molecule has 0 amide bonds. The van der Waals surface area contributed by atoms with Crippen molar-refractivity contribution < 1.29 is 33.9 Å². The first kappa shape index (κ1) is 26.5. The average Bonchev–Trinajstić information content (AvgIpc) is 3.14. The van der Waals surface area contributed by atoms with Crippen LogP contribution in [0.1, 0.15) is 27.7 Å². The Balaban J connectivity index is 1.52. The van der Waals surface area contributed by atoms with Gasteiger partial charge in [-0.1, -0.05) is 121 Å². The van der Waals surface area contributed by atoms with Crippen LogP contribution in [-0.2, 0) is 54.8 Å². The second-order valence-electron chi connectivity index (χ2n) is 10.0. The molecule has 0 N–H and O–H groups in total. The molecule has 0 radical (unpaired) electrons. The Morgan fingerprint density at radius 1 is 0.568 bits per heavy atom. The van der Waals surface area contributed by atoms with Crippen molar-refractivity contribution >= 4 is 0 Å². The van der Waals surface area contributed by atoms with Crippen LogP contribution in [0.25, 0.3) is 4.85 Å². The Kier molecular flexibility index (Phi) is 10.5. The molecule has 0 saturated carbocycles. The molecule has 0 spiro atoms. The van der Waals surface area contributed by atoms with E-state index in [1.165, 1.54) is 0 Å². The zero-order valence-electron chi connectivity index (χ0n) is 28.3. The summed E-state index contributed by atoms with van der Waals surface area (Å²) in [5, 5.41) is 0. The molecule has 1 saturated heterocycles. The van der Waals surface area contributed by atoms with Gasteiger partial charge in [0, 0.05) is 0 Å². The van der Waals surface area contributed by atoms with Gasteiger partial charge < -0.3 is 33.3 Å². The van der Waals surface area contributed by atoms with E-state index in [1.54, 1.807) is 60.7 Å². The first-order valence-corrected chi connectivity index (χ1v) is 14.5. The molecule has 5 unspecified atom stereocenters. The van der Waals surface area contributed by atoms with E-state index in [0.29, 0.717) is 22.3 Å². The van der Waals surface area contributed by atoms with Crippen LogP contribution in [0.5, 0.6) is 0 Å². The SMILES string of the molecule is [2H]C(OC[C@H]1OC(OCC[N+]#[C-])[C@@H](OC([2H])c2ccccc2)[C@@H](OC([2H])c2ccccc2)[C@@H]1OC([2H])c1ccccc1)c1ccccc1. The number of benzene rings is 4. The standard InChI is InChI=1S/C37H39NO6/c1-38-22-23-40-37-36(43-27-32-20-12-5-13-21-32)35(42-26-31-18-10-4-11-19-31)34(41-25-30-16-8-3-9-17-30)33(44-37)28-39-24-29-14-6-2-7-15-29/h2-21,33-37H,22-28H2/t33-,34-,35+,36+,37?/m1/s1/i24D,25D,26D,27D/t24?,25?,26?,27?,33-,34-,35+,36+,37?. The van der Waals surface area contributed by atoms with Crippen molar-refractivity contribution in [2.75, 3.05) is 19.8 Å². The molecule has 7 nitrogen and oxygen atoms in total. The van der Waals surface area contributed by atoms with Crippen molar-refractivity contribution in [1.29, 1.82) is 0 Å².